The van der Waals surface area contributed by atoms with E-state index in [1.54, 1.807) is 28.8 Å². The van der Waals surface area contributed by atoms with Crippen LogP contribution in [0.4, 0.5) is 4.79 Å². The molecule has 8 fully saturated rings. The summed E-state index contributed by atoms with van der Waals surface area (Å²) in [5, 5.41) is 61.2. The summed E-state index contributed by atoms with van der Waals surface area (Å²) >= 11 is 2.98. The van der Waals surface area contributed by atoms with Gasteiger partial charge in [0.15, 0.2) is 0 Å². The summed E-state index contributed by atoms with van der Waals surface area (Å²) in [6.45, 7) is 8.16. The van der Waals surface area contributed by atoms with Crippen LogP contribution in [0.1, 0.15) is 150 Å². The zero-order chi connectivity index (χ0) is 68.6. The normalized spacial score (nSPS) is 35.0. The van der Waals surface area contributed by atoms with Gasteiger partial charge in [0.05, 0.1) is 41.7 Å². The van der Waals surface area contributed by atoms with Crippen LogP contribution in [0, 0.1) is 45.2 Å². The maximum absolute atomic E-state index is 13.0. The number of halogens is 4. The molecule has 12 rings (SSSR count). The maximum atomic E-state index is 13.0. The molecule has 0 spiro atoms. The number of aliphatic hydroxyl groups excluding tert-OH is 6. The third-order valence-electron chi connectivity index (χ3n) is 20.7. The molecule has 538 valence electrons. The predicted molar refractivity (Wildman–Crippen MR) is 372 cm³/mol. The zero-order valence-corrected chi connectivity index (χ0v) is 69.2. The molecular formula is C61H91I4N8NaO21PSn+. The summed E-state index contributed by atoms with van der Waals surface area (Å²) in [6.07, 6.45) is 9.15. The Bertz CT molecular complexity index is 3580. The van der Waals surface area contributed by atoms with Crippen molar-refractivity contribution in [3.8, 4) is 0 Å². The summed E-state index contributed by atoms with van der Waals surface area (Å²) in [5.74, 6) is 2.75. The number of urea groups is 1. The number of ether oxygens (including phenoxy) is 4. The summed E-state index contributed by atoms with van der Waals surface area (Å²) in [4.78, 5) is 108. The van der Waals surface area contributed by atoms with Gasteiger partial charge in [0.1, 0.15) is 49.4 Å². The van der Waals surface area contributed by atoms with Gasteiger partial charge in [-0.2, -0.15) is 0 Å². The van der Waals surface area contributed by atoms with Gasteiger partial charge < -0.3 is 58.6 Å². The number of fused-ring (bicyclic) bond motifs is 5. The summed E-state index contributed by atoms with van der Waals surface area (Å²) < 4.78 is 52.9. The number of Topliss-reactive ketones (excluding diaryl/α,β-unsaturated/α-hetero) is 1. The number of carbonyl (C=O) groups excluding carboxylic acids is 2. The second kappa shape index (κ2) is 35.9. The van der Waals surface area contributed by atoms with Crippen LogP contribution in [0.2, 0.25) is 14.8 Å². The summed E-state index contributed by atoms with van der Waals surface area (Å²) in [7, 11) is -2.42. The number of aromatic amines is 3. The van der Waals surface area contributed by atoms with Crippen molar-refractivity contribution in [1.82, 2.24) is 38.9 Å². The van der Waals surface area contributed by atoms with Gasteiger partial charge in [-0.1, -0.05) is 28.2 Å². The number of nitrogens with one attached hydrogen (secondary N) is 4. The van der Waals surface area contributed by atoms with Crippen molar-refractivity contribution in [2.24, 2.45) is 34.5 Å². The number of hydrogen-bond donors (Lipinski definition) is 10. The van der Waals surface area contributed by atoms with Crippen molar-refractivity contribution in [1.29, 1.82) is 0 Å². The first-order valence-corrected chi connectivity index (χ1v) is 46.4. The first-order chi connectivity index (χ1) is 44.3. The third-order valence-corrected chi connectivity index (χ3v) is 29.9. The van der Waals surface area contributed by atoms with Gasteiger partial charge in [-0.3, -0.25) is 47.8 Å². The van der Waals surface area contributed by atoms with E-state index < -0.39 is 128 Å². The molecule has 21 atom stereocenters. The second-order valence-electron chi connectivity index (χ2n) is 27.4. The van der Waals surface area contributed by atoms with Crippen LogP contribution in [-0.2, 0) is 37.4 Å². The van der Waals surface area contributed by atoms with Gasteiger partial charge in [0, 0.05) is 60.7 Å². The molecule has 0 bridgehead atoms. The Labute approximate surface area is 646 Å². The Morgan fingerprint density at radius 1 is 0.660 bits per heavy atom. The number of carbonyl (C=O) groups is 2. The van der Waals surface area contributed by atoms with Gasteiger partial charge in [0.2, 0.25) is 0 Å². The predicted octanol–water partition coefficient (Wildman–Crippen LogP) is -0.937. The van der Waals surface area contributed by atoms with Crippen molar-refractivity contribution in [3.05, 3.63) is 102 Å². The van der Waals surface area contributed by atoms with Crippen LogP contribution in [0.25, 0.3) is 0 Å². The number of rotatable bonds is 13. The molecule has 36 heteroatoms. The average Bonchev–Trinajstić information content (AvgIpc) is 1.67. The Morgan fingerprint density at radius 3 is 1.65 bits per heavy atom. The Balaban J connectivity index is 0.000000220. The van der Waals surface area contributed by atoms with Crippen molar-refractivity contribution in [3.63, 3.8) is 0 Å². The standard InChI is InChI=1S/C28H38IN2O8P.C10H13IN2O4.C10H15N2O4.C9H11IN2O5.CH4.3CH3.HI.Na.Sn/c1-27-9-7-16(32)11-15(27)3-4-17-18-5-6-23(28(18,2)10-8-19(17)27)39-40(36)37-14-22-21(33)12-24(38-22)31-13-20(29)25(34)30-26(31)35;1-2-7-6(14)3-8(17-7)13-4-5(11)9(15)12-10(13)16;1-2-7-6(13)5-9(16-7)12-4-3-8(14)11-10(12)15;10-4-2-12(9(16)11-8(4)15)7-1-5(14)6(3-13)17-7;;;;;;;/h13,15,17-19,21-24,33H,3-12,14H2,1-2H3;4,6-8,14H,2-3H2,1H3,(H,12,15,16);4,6-9,13-14H,2,5H2,1H3,(H,11,15);2,5-7,13-14H,1,3H2,(H,11,15,16);1H4;3*1H3;1H;;/q;;;;;;;;;+1;/t15-,17?,18-,19?,21?,22?,23-,24?,27-,28-;;6?,7?,8-,9?;;;;;;;;/m0.0......../s1/i29-2;;;;;;;;1-2;;. The molecule has 9 aliphatic rings. The van der Waals surface area contributed by atoms with Crippen LogP contribution >= 0.6 is 76.0 Å². The van der Waals surface area contributed by atoms with E-state index >= 15 is 0 Å². The van der Waals surface area contributed by atoms with Gasteiger partial charge >= 0.3 is 178 Å². The largest absolute Gasteiger partial charge is 1.00 e. The smallest absolute Gasteiger partial charge is 1.00 e. The molecule has 0 radical (unpaired) electrons. The molecule has 3 aromatic rings. The van der Waals surface area contributed by atoms with Crippen LogP contribution in [0.15, 0.2) is 57.1 Å². The van der Waals surface area contributed by atoms with Crippen molar-refractivity contribution in [2.45, 2.75) is 232 Å². The third kappa shape index (κ3) is 19.4. The molecule has 5 aliphatic heterocycles. The van der Waals surface area contributed by atoms with Crippen LogP contribution in [0.3, 0.4) is 0 Å². The molecule has 10 N–H and O–H groups in total. The van der Waals surface area contributed by atoms with Crippen LogP contribution in [0.5, 0.6) is 0 Å². The first kappa shape index (κ1) is 85.0. The molecule has 8 heterocycles. The molecule has 4 aliphatic carbocycles. The van der Waals surface area contributed by atoms with Crippen molar-refractivity contribution >= 4 is 106 Å². The fourth-order valence-corrected chi connectivity index (χ4v) is 21.7. The number of aliphatic hydroxyl groups is 6. The van der Waals surface area contributed by atoms with Gasteiger partial charge in [-0.15, -0.1) is 9.05 Å². The monoisotopic (exact) mass is 1950 g/mol. The van der Waals surface area contributed by atoms with E-state index in [2.05, 4.69) is 48.9 Å². The van der Waals surface area contributed by atoms with E-state index in [4.69, 9.17) is 33.1 Å². The molecule has 3 aromatic heterocycles. The number of ketones is 1. The van der Waals surface area contributed by atoms with Gasteiger partial charge in [-0.25, -0.2) is 14.4 Å². The number of hydrogen-bond acceptors (Lipinski definition) is 21. The molecule has 4 saturated carbocycles. The minimum absolute atomic E-state index is 0. The topological polar surface area (TPSA) is 408 Å². The fourth-order valence-electron chi connectivity index (χ4n) is 15.4. The number of amides is 2. The molecule has 2 amide bonds. The summed E-state index contributed by atoms with van der Waals surface area (Å²) in [6, 6.07) is -0.370. The number of H-pyrrole nitrogens is 3. The Morgan fingerprint density at radius 2 is 1.13 bits per heavy atom. The van der Waals surface area contributed by atoms with Gasteiger partial charge in [-0.05, 0) is 148 Å². The second-order valence-corrected chi connectivity index (χ2v) is 46.3. The van der Waals surface area contributed by atoms with Crippen LogP contribution in [-0.4, -0.2) is 175 Å². The average molecular weight is 1950 g/mol. The van der Waals surface area contributed by atoms with E-state index in [-0.39, 0.29) is 122 Å². The minimum Gasteiger partial charge on any atom is -1.00 e. The number of aromatic nitrogens is 6. The maximum Gasteiger partial charge on any atom is 1.00 e. The SMILES string of the molecule is C.CCC1OC(N2C=[C]([Sn]([CH3])([CH3])[CH3])[C@H](O)NC2=O)CC1O.CCC1OC(n2cc(I)c(=O)[nH]c2=O)CC1O.C[C@]12CCC3C(CC[C@H]4CC(=O)CC[C@]34C)[C@@H]1CC[C@@H]2O[P+](=O)OCC1OC(n2cc([125I])c(=O)[nH]c2=O)CC1O.O=c1[nH]c(=O)n(C2CC(O)C(CO)O2)cc1I.[125I-].[Na+]. The zero-order valence-electron chi connectivity index (χ0n) is 54.8. The van der Waals surface area contributed by atoms with E-state index in [9.17, 15) is 68.5 Å². The molecule has 0 aromatic carbocycles. The molecule has 15 unspecified atom stereocenters. The fraction of sp³-hybridized carbons (Fsp3) is 0.738. The first-order valence-electron chi connectivity index (χ1n) is 32.0. The van der Waals surface area contributed by atoms with Crippen LogP contribution < -0.4 is 92.6 Å². The van der Waals surface area contributed by atoms with E-state index in [0.717, 1.165) is 55.0 Å². The quantitative estimate of drug-likeness (QED) is 0.0561. The molecule has 4 saturated heterocycles. The van der Waals surface area contributed by atoms with Crippen molar-refractivity contribution < 1.29 is 126 Å². The van der Waals surface area contributed by atoms with E-state index in [1.807, 2.05) is 59.0 Å². The Hall–Kier alpha value is -0.941. The van der Waals surface area contributed by atoms with E-state index in [1.165, 1.54) is 43.6 Å². The van der Waals surface area contributed by atoms with Gasteiger partial charge in [0.25, 0.3) is 16.7 Å². The number of nitrogens with zero attached hydrogens (tertiary/aromatic N) is 4. The Kier molecular flexibility index (Phi) is 31.5. The minimum atomic E-state index is -2.50. The molecule has 97 heavy (non-hydrogen) atoms. The molecule has 29 nitrogen and oxygen atoms in total. The van der Waals surface area contributed by atoms with Crippen molar-refractivity contribution in [2.75, 3.05) is 13.2 Å². The molecular weight excluding hydrogens is 1860 g/mol. The summed E-state index contributed by atoms with van der Waals surface area (Å²) in [5.41, 5.74) is -2.85. The van der Waals surface area contributed by atoms with E-state index in [0.29, 0.717) is 65.8 Å².